The van der Waals surface area contributed by atoms with E-state index in [1.807, 2.05) is 38.1 Å². The maximum Gasteiger partial charge on any atom is 0.188 e. The predicted molar refractivity (Wildman–Crippen MR) is 98.9 cm³/mol. The van der Waals surface area contributed by atoms with Crippen molar-refractivity contribution in [3.05, 3.63) is 58.9 Å². The topological polar surface area (TPSA) is 38.7 Å². The van der Waals surface area contributed by atoms with Gasteiger partial charge < -0.3 is 0 Å². The van der Waals surface area contributed by atoms with Crippen LogP contribution in [0.1, 0.15) is 17.1 Å². The van der Waals surface area contributed by atoms with Crippen LogP contribution in [0.5, 0.6) is 0 Å². The van der Waals surface area contributed by atoms with Gasteiger partial charge in [0, 0.05) is 28.1 Å². The fourth-order valence-corrected chi connectivity index (χ4v) is 3.76. The molecule has 1 aromatic carbocycles. The first-order valence-electron chi connectivity index (χ1n) is 6.65. The lowest BCUT2D eigenvalue weighted by Gasteiger charge is -2.01. The third kappa shape index (κ3) is 4.38. The van der Waals surface area contributed by atoms with Crippen molar-refractivity contribution in [1.82, 2.24) is 15.0 Å². The van der Waals surface area contributed by atoms with Crippen LogP contribution in [-0.4, -0.2) is 15.0 Å². The van der Waals surface area contributed by atoms with Crippen LogP contribution in [0, 0.1) is 13.8 Å². The first-order valence-corrected chi connectivity index (χ1v) is 8.52. The van der Waals surface area contributed by atoms with Gasteiger partial charge in [0.05, 0.1) is 5.69 Å². The van der Waals surface area contributed by atoms with Crippen LogP contribution in [0.25, 0.3) is 10.6 Å². The smallest absolute Gasteiger partial charge is 0.188 e. The summed E-state index contributed by atoms with van der Waals surface area (Å²) in [7, 11) is 0. The van der Waals surface area contributed by atoms with Crippen molar-refractivity contribution in [2.75, 3.05) is 0 Å². The number of rotatable bonds is 4. The number of hydrogen-bond donors (Lipinski definition) is 0. The second-order valence-corrected chi connectivity index (χ2v) is 6.53. The average molecular weight is 394 g/mol. The van der Waals surface area contributed by atoms with Crippen molar-refractivity contribution in [2.24, 2.45) is 0 Å². The van der Waals surface area contributed by atoms with Crippen molar-refractivity contribution >= 4 is 40.1 Å². The van der Waals surface area contributed by atoms with Crippen LogP contribution in [0.4, 0.5) is 0 Å². The Bertz CT molecular complexity index is 724. The summed E-state index contributed by atoms with van der Waals surface area (Å²) in [4.78, 5) is 13.6. The number of halogens is 1. The summed E-state index contributed by atoms with van der Waals surface area (Å²) < 4.78 is 0. The molecule has 0 N–H and O–H groups in total. The zero-order chi connectivity index (χ0) is 14.7. The van der Waals surface area contributed by atoms with Crippen molar-refractivity contribution < 1.29 is 0 Å². The van der Waals surface area contributed by atoms with E-state index in [0.29, 0.717) is 0 Å². The molecule has 0 aliphatic heterocycles. The number of aromatic nitrogens is 3. The van der Waals surface area contributed by atoms with Crippen LogP contribution in [0.15, 0.2) is 46.9 Å². The van der Waals surface area contributed by atoms with Gasteiger partial charge in [0.1, 0.15) is 5.01 Å². The SMILES string of the molecule is Br.Cc1cc(C)nc(SCc2csc(-c3ccccc3)n2)n1. The van der Waals surface area contributed by atoms with Gasteiger partial charge in [-0.05, 0) is 19.9 Å². The minimum absolute atomic E-state index is 0. The predicted octanol–water partition coefficient (Wildman–Crippen LogP) is 5.09. The molecule has 22 heavy (non-hydrogen) atoms. The van der Waals surface area contributed by atoms with Crippen molar-refractivity contribution in [3.63, 3.8) is 0 Å². The Morgan fingerprint density at radius 3 is 2.36 bits per heavy atom. The highest BCUT2D eigenvalue weighted by molar-refractivity contribution is 8.93. The zero-order valence-electron chi connectivity index (χ0n) is 12.3. The Morgan fingerprint density at radius 1 is 1.00 bits per heavy atom. The lowest BCUT2D eigenvalue weighted by atomic mass is 10.2. The number of nitrogens with zero attached hydrogens (tertiary/aromatic N) is 3. The zero-order valence-corrected chi connectivity index (χ0v) is 15.7. The van der Waals surface area contributed by atoms with E-state index in [9.17, 15) is 0 Å². The number of thiazole rings is 1. The Morgan fingerprint density at radius 2 is 1.68 bits per heavy atom. The number of hydrogen-bond acceptors (Lipinski definition) is 5. The Kier molecular flexibility index (Phi) is 6.11. The fourth-order valence-electron chi connectivity index (χ4n) is 1.98. The van der Waals surface area contributed by atoms with Gasteiger partial charge in [-0.15, -0.1) is 28.3 Å². The first-order chi connectivity index (χ1) is 10.2. The molecule has 0 amide bonds. The Balaban J connectivity index is 0.00000176. The third-order valence-electron chi connectivity index (χ3n) is 2.88. The van der Waals surface area contributed by atoms with Gasteiger partial charge in [-0.1, -0.05) is 42.1 Å². The van der Waals surface area contributed by atoms with E-state index in [2.05, 4.69) is 32.5 Å². The van der Waals surface area contributed by atoms with Gasteiger partial charge in [-0.2, -0.15) is 0 Å². The normalized spacial score (nSPS) is 10.3. The molecule has 3 rings (SSSR count). The molecule has 0 aliphatic carbocycles. The van der Waals surface area contributed by atoms with Crippen LogP contribution in [0.2, 0.25) is 0 Å². The molecule has 0 saturated carbocycles. The van der Waals surface area contributed by atoms with Gasteiger partial charge in [-0.25, -0.2) is 15.0 Å². The summed E-state index contributed by atoms with van der Waals surface area (Å²) in [5.41, 5.74) is 4.26. The second kappa shape index (κ2) is 7.85. The molecule has 2 aromatic heterocycles. The molecule has 0 bridgehead atoms. The highest BCUT2D eigenvalue weighted by atomic mass is 79.9. The van der Waals surface area contributed by atoms with E-state index < -0.39 is 0 Å². The molecule has 3 aromatic rings. The minimum Gasteiger partial charge on any atom is -0.240 e. The van der Waals surface area contributed by atoms with Gasteiger partial charge >= 0.3 is 0 Å². The molecule has 0 aliphatic rings. The molecule has 0 atom stereocenters. The van der Waals surface area contributed by atoms with Crippen molar-refractivity contribution in [1.29, 1.82) is 0 Å². The van der Waals surface area contributed by atoms with Crippen molar-refractivity contribution in [3.8, 4) is 10.6 Å². The largest absolute Gasteiger partial charge is 0.240 e. The average Bonchev–Trinajstić information content (AvgIpc) is 2.94. The van der Waals surface area contributed by atoms with E-state index in [4.69, 9.17) is 0 Å². The summed E-state index contributed by atoms with van der Waals surface area (Å²) in [6, 6.07) is 12.3. The molecule has 0 radical (unpaired) electrons. The number of aryl methyl sites for hydroxylation is 2. The highest BCUT2D eigenvalue weighted by Gasteiger charge is 2.06. The lowest BCUT2D eigenvalue weighted by molar-refractivity contribution is 0.901. The van der Waals surface area contributed by atoms with Crippen LogP contribution >= 0.6 is 40.1 Å². The molecule has 0 unspecified atom stereocenters. The molecule has 114 valence electrons. The first kappa shape index (κ1) is 17.1. The van der Waals surface area contributed by atoms with Crippen molar-refractivity contribution in [2.45, 2.75) is 24.8 Å². The van der Waals surface area contributed by atoms with Crippen LogP contribution < -0.4 is 0 Å². The van der Waals surface area contributed by atoms with E-state index in [-0.39, 0.29) is 17.0 Å². The monoisotopic (exact) mass is 393 g/mol. The maximum absolute atomic E-state index is 4.68. The van der Waals surface area contributed by atoms with Crippen LogP contribution in [0.3, 0.4) is 0 Å². The van der Waals surface area contributed by atoms with Gasteiger partial charge in [0.2, 0.25) is 0 Å². The molecular weight excluding hydrogens is 378 g/mol. The molecule has 6 heteroatoms. The number of benzene rings is 1. The molecule has 0 spiro atoms. The summed E-state index contributed by atoms with van der Waals surface area (Å²) >= 11 is 3.31. The summed E-state index contributed by atoms with van der Waals surface area (Å²) in [5.74, 6) is 0.798. The van der Waals surface area contributed by atoms with Gasteiger partial charge in [-0.3, -0.25) is 0 Å². The van der Waals surface area contributed by atoms with E-state index >= 15 is 0 Å². The van der Waals surface area contributed by atoms with Gasteiger partial charge in [0.15, 0.2) is 5.16 Å². The highest BCUT2D eigenvalue weighted by Crippen LogP contribution is 2.26. The molecule has 3 nitrogen and oxygen atoms in total. The quantitative estimate of drug-likeness (QED) is 0.457. The summed E-state index contributed by atoms with van der Waals surface area (Å²) in [6.07, 6.45) is 0. The Labute approximate surface area is 149 Å². The standard InChI is InChI=1S/C16H15N3S2.BrH/c1-11-8-12(2)18-16(17-11)21-10-14-9-20-15(19-14)13-6-4-3-5-7-13;/h3-9H,10H2,1-2H3;1H. The van der Waals surface area contributed by atoms with E-state index in [1.54, 1.807) is 23.1 Å². The molecule has 0 saturated heterocycles. The van der Waals surface area contributed by atoms with Gasteiger partial charge in [0.25, 0.3) is 0 Å². The van der Waals surface area contributed by atoms with E-state index in [0.717, 1.165) is 33.0 Å². The maximum atomic E-state index is 4.68. The third-order valence-corrected chi connectivity index (χ3v) is 4.70. The minimum atomic E-state index is 0. The van der Waals surface area contributed by atoms with E-state index in [1.165, 1.54) is 5.56 Å². The Hall–Kier alpha value is -1.24. The van der Waals surface area contributed by atoms with Crippen LogP contribution in [-0.2, 0) is 5.75 Å². The lowest BCUT2D eigenvalue weighted by Crippen LogP contribution is -1.93. The fraction of sp³-hybridized carbons (Fsp3) is 0.188. The molecular formula is C16H16BrN3S2. The molecule has 0 fully saturated rings. The number of thioether (sulfide) groups is 1. The molecule has 2 heterocycles. The summed E-state index contributed by atoms with van der Waals surface area (Å²) in [5, 5.41) is 3.99. The summed E-state index contributed by atoms with van der Waals surface area (Å²) in [6.45, 7) is 3.99. The second-order valence-electron chi connectivity index (χ2n) is 4.73.